The third-order valence-corrected chi connectivity index (χ3v) is 5.70. The summed E-state index contributed by atoms with van der Waals surface area (Å²) in [7, 11) is 0. The molecule has 0 atom stereocenters. The van der Waals surface area contributed by atoms with E-state index in [-0.39, 0.29) is 44.0 Å². The van der Waals surface area contributed by atoms with Crippen molar-refractivity contribution in [2.75, 3.05) is 11.5 Å². The molecule has 0 unspecified atom stereocenters. The number of amides is 2. The standard InChI is InChI=1S/C19H13BrClFN2O4S/c1-2-28-13-8-9(14(20)15(21)16(13)25)7-10-17(26)23-19(29)24(18(10)27)12-6-4-3-5-11(12)22/h3-8,25H,2H2,1H3,(H,23,26,29)/b10-7+. The zero-order valence-electron chi connectivity index (χ0n) is 14.8. The van der Waals surface area contributed by atoms with E-state index in [2.05, 4.69) is 21.2 Å². The molecule has 0 spiro atoms. The molecule has 0 radical (unpaired) electrons. The molecule has 2 N–H and O–H groups in total. The van der Waals surface area contributed by atoms with Gasteiger partial charge in [0, 0.05) is 4.47 Å². The van der Waals surface area contributed by atoms with E-state index in [0.717, 1.165) is 4.90 Å². The number of aromatic hydroxyl groups is 1. The van der Waals surface area contributed by atoms with Crippen LogP contribution in [0.4, 0.5) is 10.1 Å². The number of rotatable bonds is 4. The van der Waals surface area contributed by atoms with E-state index in [1.807, 2.05) is 0 Å². The Kier molecular flexibility index (Phi) is 6.21. The second kappa shape index (κ2) is 8.48. The van der Waals surface area contributed by atoms with Crippen molar-refractivity contribution in [1.29, 1.82) is 0 Å². The summed E-state index contributed by atoms with van der Waals surface area (Å²) in [5, 5.41) is 12.2. The van der Waals surface area contributed by atoms with Crippen LogP contribution in [0.3, 0.4) is 0 Å². The number of phenolic OH excluding ortho intramolecular Hbond substituents is 1. The molecule has 10 heteroatoms. The molecule has 0 bridgehead atoms. The Bertz CT molecular complexity index is 1080. The number of para-hydroxylation sites is 1. The lowest BCUT2D eigenvalue weighted by Crippen LogP contribution is -2.54. The number of carbonyl (C=O) groups excluding carboxylic acids is 2. The number of hydrogen-bond acceptors (Lipinski definition) is 5. The topological polar surface area (TPSA) is 78.9 Å². The maximum absolute atomic E-state index is 14.2. The number of anilines is 1. The molecule has 1 heterocycles. The average Bonchev–Trinajstić information content (AvgIpc) is 2.68. The van der Waals surface area contributed by atoms with Gasteiger partial charge in [0.15, 0.2) is 16.6 Å². The predicted octanol–water partition coefficient (Wildman–Crippen LogP) is 4.18. The van der Waals surface area contributed by atoms with Gasteiger partial charge in [0.1, 0.15) is 16.4 Å². The maximum Gasteiger partial charge on any atom is 0.270 e. The maximum atomic E-state index is 14.2. The fraction of sp³-hybridized carbons (Fsp3) is 0.105. The minimum absolute atomic E-state index is 0.0482. The van der Waals surface area contributed by atoms with Crippen molar-refractivity contribution in [1.82, 2.24) is 5.32 Å². The van der Waals surface area contributed by atoms with Crippen LogP contribution in [0.15, 0.2) is 40.4 Å². The largest absolute Gasteiger partial charge is 0.503 e. The van der Waals surface area contributed by atoms with Crippen LogP contribution in [0, 0.1) is 5.82 Å². The van der Waals surface area contributed by atoms with E-state index in [4.69, 9.17) is 28.6 Å². The van der Waals surface area contributed by atoms with Crippen molar-refractivity contribution in [2.24, 2.45) is 0 Å². The summed E-state index contributed by atoms with van der Waals surface area (Å²) in [6, 6.07) is 6.98. The van der Waals surface area contributed by atoms with Gasteiger partial charge in [-0.2, -0.15) is 0 Å². The van der Waals surface area contributed by atoms with Crippen molar-refractivity contribution < 1.29 is 23.8 Å². The van der Waals surface area contributed by atoms with E-state index >= 15 is 0 Å². The molecule has 2 aromatic rings. The molecule has 6 nitrogen and oxygen atoms in total. The Morgan fingerprint density at radius 3 is 2.72 bits per heavy atom. The first kappa shape index (κ1) is 21.2. The highest BCUT2D eigenvalue weighted by Crippen LogP contribution is 2.42. The highest BCUT2D eigenvalue weighted by molar-refractivity contribution is 9.10. The summed E-state index contributed by atoms with van der Waals surface area (Å²) in [4.78, 5) is 26.3. The summed E-state index contributed by atoms with van der Waals surface area (Å²) in [6.07, 6.45) is 1.26. The fourth-order valence-corrected chi connectivity index (χ4v) is 3.54. The minimum atomic E-state index is -0.807. The SMILES string of the molecule is CCOc1cc(/C=C2\C(=O)NC(=S)N(c3ccccc3F)C2=O)c(Br)c(Cl)c1O. The molecule has 2 aromatic carbocycles. The number of halogens is 3. The summed E-state index contributed by atoms with van der Waals surface area (Å²) in [5.74, 6) is -2.43. The van der Waals surface area contributed by atoms with E-state index in [1.54, 1.807) is 13.0 Å². The second-order valence-corrected chi connectivity index (χ2v) is 7.34. The van der Waals surface area contributed by atoms with Gasteiger partial charge in [-0.15, -0.1) is 0 Å². The number of ether oxygens (including phenoxy) is 1. The molecule has 0 aliphatic carbocycles. The molecular weight excluding hydrogens is 487 g/mol. The molecule has 1 saturated heterocycles. The van der Waals surface area contributed by atoms with Crippen LogP contribution in [0.2, 0.25) is 5.02 Å². The van der Waals surface area contributed by atoms with Gasteiger partial charge in [0.25, 0.3) is 11.8 Å². The monoisotopic (exact) mass is 498 g/mol. The van der Waals surface area contributed by atoms with Gasteiger partial charge in [-0.3, -0.25) is 14.9 Å². The Hall–Kier alpha value is -2.49. The number of hydrogen-bond donors (Lipinski definition) is 2. The van der Waals surface area contributed by atoms with E-state index in [1.165, 1.54) is 30.3 Å². The van der Waals surface area contributed by atoms with Gasteiger partial charge in [0.2, 0.25) is 0 Å². The first-order valence-electron chi connectivity index (χ1n) is 8.26. The molecule has 1 fully saturated rings. The number of nitrogens with one attached hydrogen (secondary N) is 1. The van der Waals surface area contributed by atoms with E-state index < -0.39 is 17.6 Å². The molecular formula is C19H13BrClFN2O4S. The van der Waals surface area contributed by atoms with Crippen molar-refractivity contribution in [3.8, 4) is 11.5 Å². The van der Waals surface area contributed by atoms with Crippen LogP contribution in [0.5, 0.6) is 11.5 Å². The minimum Gasteiger partial charge on any atom is -0.503 e. The van der Waals surface area contributed by atoms with Crippen LogP contribution < -0.4 is 15.0 Å². The Labute approximate surface area is 184 Å². The first-order valence-corrected chi connectivity index (χ1v) is 9.83. The zero-order valence-corrected chi connectivity index (χ0v) is 18.0. The van der Waals surface area contributed by atoms with Gasteiger partial charge in [0.05, 0.1) is 12.3 Å². The van der Waals surface area contributed by atoms with Crippen LogP contribution in [-0.4, -0.2) is 28.6 Å². The van der Waals surface area contributed by atoms with E-state index in [0.29, 0.717) is 5.56 Å². The number of nitrogens with zero attached hydrogens (tertiary/aromatic N) is 1. The summed E-state index contributed by atoms with van der Waals surface area (Å²) in [6.45, 7) is 1.98. The molecule has 150 valence electrons. The third kappa shape index (κ3) is 3.98. The lowest BCUT2D eigenvalue weighted by molar-refractivity contribution is -0.122. The normalized spacial score (nSPS) is 15.7. The molecule has 0 aromatic heterocycles. The molecule has 2 amide bonds. The zero-order chi connectivity index (χ0) is 21.3. The van der Waals surface area contributed by atoms with Gasteiger partial charge in [-0.25, -0.2) is 9.29 Å². The highest BCUT2D eigenvalue weighted by atomic mass is 79.9. The average molecular weight is 500 g/mol. The van der Waals surface area contributed by atoms with Crippen LogP contribution in [-0.2, 0) is 9.59 Å². The molecule has 3 rings (SSSR count). The number of thiocarbonyl (C=S) groups is 1. The summed E-state index contributed by atoms with van der Waals surface area (Å²) in [5.41, 5.74) is -0.0889. The van der Waals surface area contributed by atoms with Gasteiger partial charge >= 0.3 is 0 Å². The van der Waals surface area contributed by atoms with Crippen LogP contribution in [0.1, 0.15) is 12.5 Å². The van der Waals surface area contributed by atoms with Crippen LogP contribution >= 0.6 is 39.7 Å². The Morgan fingerprint density at radius 1 is 1.38 bits per heavy atom. The second-order valence-electron chi connectivity index (χ2n) is 5.78. The van der Waals surface area contributed by atoms with Gasteiger partial charge in [-0.05, 0) is 64.9 Å². The first-order chi connectivity index (χ1) is 13.8. The lowest BCUT2D eigenvalue weighted by atomic mass is 10.1. The van der Waals surface area contributed by atoms with Gasteiger partial charge in [-0.1, -0.05) is 23.7 Å². The third-order valence-electron chi connectivity index (χ3n) is 3.97. The Balaban J connectivity index is 2.11. The number of carbonyl (C=O) groups is 2. The van der Waals surface area contributed by atoms with Crippen molar-refractivity contribution in [2.45, 2.75) is 6.92 Å². The molecule has 1 aliphatic heterocycles. The van der Waals surface area contributed by atoms with Crippen molar-refractivity contribution in [3.63, 3.8) is 0 Å². The highest BCUT2D eigenvalue weighted by Gasteiger charge is 2.36. The van der Waals surface area contributed by atoms with Crippen molar-refractivity contribution in [3.05, 3.63) is 56.8 Å². The molecule has 29 heavy (non-hydrogen) atoms. The number of benzene rings is 2. The number of phenols is 1. The summed E-state index contributed by atoms with van der Waals surface area (Å²) < 4.78 is 19.8. The quantitative estimate of drug-likeness (QED) is 0.375. The molecule has 0 saturated carbocycles. The summed E-state index contributed by atoms with van der Waals surface area (Å²) >= 11 is 14.4. The fourth-order valence-electron chi connectivity index (χ4n) is 2.65. The Morgan fingerprint density at radius 2 is 2.07 bits per heavy atom. The van der Waals surface area contributed by atoms with Crippen LogP contribution in [0.25, 0.3) is 6.08 Å². The predicted molar refractivity (Wildman–Crippen MR) is 115 cm³/mol. The van der Waals surface area contributed by atoms with E-state index in [9.17, 15) is 19.1 Å². The van der Waals surface area contributed by atoms with Gasteiger partial charge < -0.3 is 9.84 Å². The molecule has 1 aliphatic rings. The smallest absolute Gasteiger partial charge is 0.270 e. The van der Waals surface area contributed by atoms with Crippen molar-refractivity contribution >= 4 is 68.4 Å². The lowest BCUT2D eigenvalue weighted by Gasteiger charge is -2.29.